The third-order valence-corrected chi connectivity index (χ3v) is 6.45. The second-order valence-electron chi connectivity index (χ2n) is 8.51. The van der Waals surface area contributed by atoms with Crippen LogP contribution in [0, 0.1) is 0 Å². The fraction of sp³-hybridized carbons (Fsp3) is 0.480. The fourth-order valence-electron chi connectivity index (χ4n) is 4.44. The predicted molar refractivity (Wildman–Crippen MR) is 128 cm³/mol. The summed E-state index contributed by atoms with van der Waals surface area (Å²) in [7, 11) is 1.66. The molecule has 0 bridgehead atoms. The molecule has 2 heterocycles. The lowest BCUT2D eigenvalue weighted by molar-refractivity contribution is -0.138. The molecule has 0 radical (unpaired) electrons. The number of anilines is 1. The van der Waals surface area contributed by atoms with E-state index in [-0.39, 0.29) is 11.9 Å². The van der Waals surface area contributed by atoms with Crippen LogP contribution in [0.2, 0.25) is 5.02 Å². The maximum Gasteiger partial charge on any atom is 0.265 e. The van der Waals surface area contributed by atoms with E-state index in [1.165, 1.54) is 12.8 Å². The molecule has 1 amide bonds. The van der Waals surface area contributed by atoms with Crippen molar-refractivity contribution in [2.75, 3.05) is 45.2 Å². The van der Waals surface area contributed by atoms with Gasteiger partial charge in [-0.2, -0.15) is 0 Å². The van der Waals surface area contributed by atoms with Crippen molar-refractivity contribution in [3.05, 3.63) is 53.6 Å². The summed E-state index contributed by atoms with van der Waals surface area (Å²) in [6.45, 7) is 4.42. The summed E-state index contributed by atoms with van der Waals surface area (Å²) in [5.41, 5.74) is 0.939. The number of nitrogens with one attached hydrogen (secondary N) is 1. The Balaban J connectivity index is 1.60. The molecule has 2 aliphatic rings. The van der Waals surface area contributed by atoms with Crippen LogP contribution in [0.3, 0.4) is 0 Å². The van der Waals surface area contributed by atoms with Crippen LogP contribution in [-0.2, 0) is 4.79 Å². The average Bonchev–Trinajstić information content (AvgIpc) is 3.53. The monoisotopic (exact) mass is 457 g/mol. The summed E-state index contributed by atoms with van der Waals surface area (Å²) >= 11 is 6.06. The van der Waals surface area contributed by atoms with E-state index in [1.807, 2.05) is 41.3 Å². The molecule has 6 nitrogen and oxygen atoms in total. The number of carbonyl (C=O) groups excluding carboxylic acids is 1. The first-order valence-electron chi connectivity index (χ1n) is 11.5. The van der Waals surface area contributed by atoms with Gasteiger partial charge in [0.2, 0.25) is 0 Å². The first-order chi connectivity index (χ1) is 15.6. The van der Waals surface area contributed by atoms with Crippen LogP contribution in [-0.4, -0.2) is 67.7 Å². The SMILES string of the molecule is COc1ccc(N[C@H](CN2CCCC2)[C@H](Oc2ccc(Cl)cc2)C(=O)N2CCCC2)cc1. The molecule has 2 fully saturated rings. The van der Waals surface area contributed by atoms with E-state index >= 15 is 0 Å². The van der Waals surface area contributed by atoms with Crippen LogP contribution in [0.15, 0.2) is 48.5 Å². The fourth-order valence-corrected chi connectivity index (χ4v) is 4.57. The van der Waals surface area contributed by atoms with Gasteiger partial charge in [-0.1, -0.05) is 11.6 Å². The Morgan fingerprint density at radius 1 is 0.938 bits per heavy atom. The van der Waals surface area contributed by atoms with E-state index in [2.05, 4.69) is 10.2 Å². The highest BCUT2D eigenvalue weighted by molar-refractivity contribution is 6.30. The Bertz CT molecular complexity index is 863. The summed E-state index contributed by atoms with van der Waals surface area (Å²) in [4.78, 5) is 18.0. The number of likely N-dealkylation sites (tertiary alicyclic amines) is 2. The molecule has 0 aliphatic carbocycles. The molecule has 0 aromatic heterocycles. The van der Waals surface area contributed by atoms with Crippen LogP contribution in [0.25, 0.3) is 0 Å². The van der Waals surface area contributed by atoms with E-state index in [0.717, 1.165) is 57.0 Å². The molecule has 0 unspecified atom stereocenters. The Morgan fingerprint density at radius 2 is 1.53 bits per heavy atom. The summed E-state index contributed by atoms with van der Waals surface area (Å²) in [5, 5.41) is 4.24. The lowest BCUT2D eigenvalue weighted by Gasteiger charge is -2.33. The average molecular weight is 458 g/mol. The molecule has 32 heavy (non-hydrogen) atoms. The van der Waals surface area contributed by atoms with Crippen LogP contribution in [0.4, 0.5) is 5.69 Å². The molecule has 7 heteroatoms. The molecule has 2 aromatic carbocycles. The highest BCUT2D eigenvalue weighted by atomic mass is 35.5. The van der Waals surface area contributed by atoms with Gasteiger partial charge < -0.3 is 24.6 Å². The van der Waals surface area contributed by atoms with Crippen LogP contribution in [0.1, 0.15) is 25.7 Å². The lowest BCUT2D eigenvalue weighted by atomic mass is 10.1. The quantitative estimate of drug-likeness (QED) is 0.608. The van der Waals surface area contributed by atoms with Gasteiger partial charge in [-0.15, -0.1) is 0 Å². The molecule has 2 saturated heterocycles. The minimum Gasteiger partial charge on any atom is -0.497 e. The molecular weight excluding hydrogens is 426 g/mol. The minimum absolute atomic E-state index is 0.0441. The molecule has 0 spiro atoms. The summed E-state index contributed by atoms with van der Waals surface area (Å²) < 4.78 is 11.7. The van der Waals surface area contributed by atoms with Gasteiger partial charge in [0, 0.05) is 30.3 Å². The standard InChI is InChI=1S/C25H32ClN3O3/c1-31-21-12-8-20(9-13-21)27-23(18-28-14-2-3-15-28)24(25(30)29-16-4-5-17-29)32-22-10-6-19(26)7-11-22/h6-13,23-24,27H,2-5,14-18H2,1H3/t23-,24+/m1/s1. The Labute approximate surface area is 195 Å². The van der Waals surface area contributed by atoms with Gasteiger partial charge in [0.25, 0.3) is 5.91 Å². The van der Waals surface area contributed by atoms with Crippen molar-refractivity contribution < 1.29 is 14.3 Å². The number of amides is 1. The smallest absolute Gasteiger partial charge is 0.265 e. The molecule has 4 rings (SSSR count). The maximum absolute atomic E-state index is 13.6. The molecule has 2 atom stereocenters. The third kappa shape index (κ3) is 5.87. The molecule has 2 aromatic rings. The van der Waals surface area contributed by atoms with Crippen LogP contribution >= 0.6 is 11.6 Å². The second-order valence-corrected chi connectivity index (χ2v) is 8.95. The number of nitrogens with zero attached hydrogens (tertiary/aromatic N) is 2. The molecule has 2 aliphatic heterocycles. The number of hydrogen-bond acceptors (Lipinski definition) is 5. The molecule has 0 saturated carbocycles. The zero-order chi connectivity index (χ0) is 22.3. The van der Waals surface area contributed by atoms with Gasteiger partial charge >= 0.3 is 0 Å². The largest absolute Gasteiger partial charge is 0.497 e. The van der Waals surface area contributed by atoms with E-state index in [4.69, 9.17) is 21.1 Å². The predicted octanol–water partition coefficient (Wildman–Crippen LogP) is 4.29. The summed E-state index contributed by atoms with van der Waals surface area (Å²) in [5.74, 6) is 1.49. The lowest BCUT2D eigenvalue weighted by Crippen LogP contribution is -2.53. The van der Waals surface area contributed by atoms with Gasteiger partial charge in [-0.25, -0.2) is 0 Å². The third-order valence-electron chi connectivity index (χ3n) is 6.20. The number of benzene rings is 2. The first-order valence-corrected chi connectivity index (χ1v) is 11.8. The number of carbonyl (C=O) groups is 1. The summed E-state index contributed by atoms with van der Waals surface area (Å²) in [6, 6.07) is 14.8. The zero-order valence-corrected chi connectivity index (χ0v) is 19.4. The van der Waals surface area contributed by atoms with Crippen molar-refractivity contribution in [1.29, 1.82) is 0 Å². The molecule has 1 N–H and O–H groups in total. The molecule has 172 valence electrons. The Kier molecular flexibility index (Phi) is 7.76. The zero-order valence-electron chi connectivity index (χ0n) is 18.6. The number of hydrogen-bond donors (Lipinski definition) is 1. The van der Waals surface area contributed by atoms with Gasteiger partial charge in [0.05, 0.1) is 13.2 Å². The van der Waals surface area contributed by atoms with Gasteiger partial charge in [-0.3, -0.25) is 4.79 Å². The van der Waals surface area contributed by atoms with Gasteiger partial charge in [-0.05, 0) is 87.3 Å². The van der Waals surface area contributed by atoms with Crippen LogP contribution < -0.4 is 14.8 Å². The highest BCUT2D eigenvalue weighted by Crippen LogP contribution is 2.24. The topological polar surface area (TPSA) is 54.0 Å². The van der Waals surface area contributed by atoms with Crippen LogP contribution in [0.5, 0.6) is 11.5 Å². The van der Waals surface area contributed by atoms with Crippen molar-refractivity contribution in [3.63, 3.8) is 0 Å². The van der Waals surface area contributed by atoms with E-state index in [9.17, 15) is 4.79 Å². The number of rotatable bonds is 9. The highest BCUT2D eigenvalue weighted by Gasteiger charge is 2.36. The van der Waals surface area contributed by atoms with Crippen molar-refractivity contribution in [2.24, 2.45) is 0 Å². The van der Waals surface area contributed by atoms with Crippen molar-refractivity contribution in [1.82, 2.24) is 9.80 Å². The Hall–Kier alpha value is -2.44. The van der Waals surface area contributed by atoms with E-state index in [1.54, 1.807) is 19.2 Å². The second kappa shape index (κ2) is 10.9. The van der Waals surface area contributed by atoms with E-state index in [0.29, 0.717) is 10.8 Å². The first kappa shape index (κ1) is 22.7. The van der Waals surface area contributed by atoms with Gasteiger partial charge in [0.1, 0.15) is 11.5 Å². The number of ether oxygens (including phenoxy) is 2. The number of methoxy groups -OCH3 is 1. The Morgan fingerprint density at radius 3 is 2.16 bits per heavy atom. The maximum atomic E-state index is 13.6. The van der Waals surface area contributed by atoms with Crippen molar-refractivity contribution in [3.8, 4) is 11.5 Å². The number of halogens is 1. The molecular formula is C25H32ClN3O3. The van der Waals surface area contributed by atoms with E-state index < -0.39 is 6.10 Å². The van der Waals surface area contributed by atoms with Gasteiger partial charge in [0.15, 0.2) is 6.10 Å². The summed E-state index contributed by atoms with van der Waals surface area (Å²) in [6.07, 6.45) is 3.83. The normalized spacial score (nSPS) is 18.4. The minimum atomic E-state index is -0.642. The van der Waals surface area contributed by atoms with Crippen molar-refractivity contribution >= 4 is 23.2 Å². The van der Waals surface area contributed by atoms with Crippen molar-refractivity contribution in [2.45, 2.75) is 37.8 Å².